The van der Waals surface area contributed by atoms with Crippen molar-refractivity contribution in [1.82, 2.24) is 5.32 Å². The van der Waals surface area contributed by atoms with Gasteiger partial charge < -0.3 is 10.1 Å². The van der Waals surface area contributed by atoms with Gasteiger partial charge in [-0.15, -0.1) is 0 Å². The fraction of sp³-hybridized carbons (Fsp3) is 0.571. The van der Waals surface area contributed by atoms with Crippen LogP contribution in [0.4, 0.5) is 4.39 Å². The SMILES string of the molecule is CCNC(COc1ccc(F)cc1)C(C)CC. The number of rotatable bonds is 7. The molecule has 0 bridgehead atoms. The first-order chi connectivity index (χ1) is 8.17. The van der Waals surface area contributed by atoms with E-state index in [0.717, 1.165) is 18.7 Å². The van der Waals surface area contributed by atoms with Gasteiger partial charge in [0, 0.05) is 6.04 Å². The molecule has 1 N–H and O–H groups in total. The Morgan fingerprint density at radius 1 is 1.24 bits per heavy atom. The standard InChI is InChI=1S/C14H22FNO/c1-4-11(3)14(16-5-2)10-17-13-8-6-12(15)7-9-13/h6-9,11,14,16H,4-5,10H2,1-3H3. The molecular formula is C14H22FNO. The highest BCUT2D eigenvalue weighted by atomic mass is 19.1. The van der Waals surface area contributed by atoms with Crippen molar-refractivity contribution in [3.05, 3.63) is 30.1 Å². The maximum atomic E-state index is 12.7. The molecule has 0 saturated carbocycles. The smallest absolute Gasteiger partial charge is 0.123 e. The number of benzene rings is 1. The van der Waals surface area contributed by atoms with Crippen molar-refractivity contribution in [2.45, 2.75) is 33.2 Å². The van der Waals surface area contributed by atoms with Crippen molar-refractivity contribution in [2.75, 3.05) is 13.2 Å². The molecule has 3 heteroatoms. The quantitative estimate of drug-likeness (QED) is 0.788. The molecule has 0 aliphatic rings. The number of halogens is 1. The van der Waals surface area contributed by atoms with Crippen molar-refractivity contribution < 1.29 is 9.13 Å². The summed E-state index contributed by atoms with van der Waals surface area (Å²) in [6.45, 7) is 8.03. The third-order valence-electron chi connectivity index (χ3n) is 3.04. The normalized spacial score (nSPS) is 14.4. The van der Waals surface area contributed by atoms with Crippen LogP contribution in [0.25, 0.3) is 0 Å². The van der Waals surface area contributed by atoms with Gasteiger partial charge in [0.05, 0.1) is 0 Å². The van der Waals surface area contributed by atoms with Crippen molar-refractivity contribution in [2.24, 2.45) is 5.92 Å². The Bertz CT molecular complexity index is 313. The topological polar surface area (TPSA) is 21.3 Å². The molecule has 0 radical (unpaired) electrons. The van der Waals surface area contributed by atoms with Crippen LogP contribution in [0.1, 0.15) is 27.2 Å². The first kappa shape index (κ1) is 14.0. The van der Waals surface area contributed by atoms with Crippen LogP contribution in [0.3, 0.4) is 0 Å². The van der Waals surface area contributed by atoms with Crippen molar-refractivity contribution in [1.29, 1.82) is 0 Å². The number of nitrogens with one attached hydrogen (secondary N) is 1. The highest BCUT2D eigenvalue weighted by Gasteiger charge is 2.15. The lowest BCUT2D eigenvalue weighted by atomic mass is 10.00. The lowest BCUT2D eigenvalue weighted by Gasteiger charge is -2.24. The second-order valence-electron chi connectivity index (χ2n) is 4.31. The van der Waals surface area contributed by atoms with Gasteiger partial charge >= 0.3 is 0 Å². The molecule has 0 aliphatic heterocycles. The predicted octanol–water partition coefficient (Wildman–Crippen LogP) is 3.23. The maximum Gasteiger partial charge on any atom is 0.123 e. The van der Waals surface area contributed by atoms with Crippen LogP contribution in [-0.2, 0) is 0 Å². The molecule has 0 aliphatic carbocycles. The average Bonchev–Trinajstić information content (AvgIpc) is 2.35. The van der Waals surface area contributed by atoms with E-state index in [1.807, 2.05) is 0 Å². The summed E-state index contributed by atoms with van der Waals surface area (Å²) in [5, 5.41) is 3.42. The highest BCUT2D eigenvalue weighted by molar-refractivity contribution is 5.22. The zero-order valence-electron chi connectivity index (χ0n) is 10.9. The minimum absolute atomic E-state index is 0.234. The summed E-state index contributed by atoms with van der Waals surface area (Å²) in [5.74, 6) is 1.05. The van der Waals surface area contributed by atoms with Crippen LogP contribution in [0, 0.1) is 11.7 Å². The van der Waals surface area contributed by atoms with Gasteiger partial charge in [-0.05, 0) is 36.7 Å². The van der Waals surface area contributed by atoms with E-state index in [4.69, 9.17) is 4.74 Å². The third kappa shape index (κ3) is 4.73. The van der Waals surface area contributed by atoms with Gasteiger partial charge in [-0.3, -0.25) is 0 Å². The first-order valence-corrected chi connectivity index (χ1v) is 6.29. The molecular weight excluding hydrogens is 217 g/mol. The molecule has 2 atom stereocenters. The van der Waals surface area contributed by atoms with Gasteiger partial charge in [0.1, 0.15) is 18.2 Å². The zero-order chi connectivity index (χ0) is 12.7. The van der Waals surface area contributed by atoms with E-state index >= 15 is 0 Å². The van der Waals surface area contributed by atoms with E-state index in [-0.39, 0.29) is 5.82 Å². The fourth-order valence-corrected chi connectivity index (χ4v) is 1.69. The van der Waals surface area contributed by atoms with Crippen LogP contribution in [0.2, 0.25) is 0 Å². The fourth-order valence-electron chi connectivity index (χ4n) is 1.69. The molecule has 0 aromatic heterocycles. The lowest BCUT2D eigenvalue weighted by Crippen LogP contribution is -2.39. The van der Waals surface area contributed by atoms with E-state index in [1.54, 1.807) is 12.1 Å². The molecule has 1 aromatic rings. The molecule has 96 valence electrons. The second-order valence-corrected chi connectivity index (χ2v) is 4.31. The van der Waals surface area contributed by atoms with E-state index < -0.39 is 0 Å². The predicted molar refractivity (Wildman–Crippen MR) is 68.8 cm³/mol. The molecule has 17 heavy (non-hydrogen) atoms. The van der Waals surface area contributed by atoms with E-state index in [9.17, 15) is 4.39 Å². The van der Waals surface area contributed by atoms with E-state index in [2.05, 4.69) is 26.1 Å². The maximum absolute atomic E-state index is 12.7. The summed E-state index contributed by atoms with van der Waals surface area (Å²) in [6.07, 6.45) is 1.12. The molecule has 2 unspecified atom stereocenters. The zero-order valence-corrected chi connectivity index (χ0v) is 10.9. The molecule has 0 heterocycles. The Hall–Kier alpha value is -1.09. The van der Waals surface area contributed by atoms with Crippen LogP contribution >= 0.6 is 0 Å². The second kappa shape index (κ2) is 7.28. The van der Waals surface area contributed by atoms with Gasteiger partial charge in [-0.1, -0.05) is 27.2 Å². The summed E-state index contributed by atoms with van der Waals surface area (Å²) in [7, 11) is 0. The number of hydrogen-bond donors (Lipinski definition) is 1. The van der Waals surface area contributed by atoms with E-state index in [1.165, 1.54) is 12.1 Å². The monoisotopic (exact) mass is 239 g/mol. The summed E-state index contributed by atoms with van der Waals surface area (Å²) in [5.41, 5.74) is 0. The van der Waals surface area contributed by atoms with Crippen molar-refractivity contribution in [3.63, 3.8) is 0 Å². The Morgan fingerprint density at radius 2 is 1.88 bits per heavy atom. The number of likely N-dealkylation sites (N-methyl/N-ethyl adjacent to an activating group) is 1. The summed E-state index contributed by atoms with van der Waals surface area (Å²) < 4.78 is 18.4. The van der Waals surface area contributed by atoms with Gasteiger partial charge in [0.25, 0.3) is 0 Å². The van der Waals surface area contributed by atoms with Gasteiger partial charge in [-0.25, -0.2) is 4.39 Å². The minimum atomic E-state index is -0.234. The minimum Gasteiger partial charge on any atom is -0.492 e. The lowest BCUT2D eigenvalue weighted by molar-refractivity contribution is 0.222. The molecule has 0 amide bonds. The number of hydrogen-bond acceptors (Lipinski definition) is 2. The van der Waals surface area contributed by atoms with E-state index in [0.29, 0.717) is 18.6 Å². The van der Waals surface area contributed by atoms with Crippen molar-refractivity contribution >= 4 is 0 Å². The Kier molecular flexibility index (Phi) is 5.98. The van der Waals surface area contributed by atoms with Gasteiger partial charge in [0.15, 0.2) is 0 Å². The molecule has 0 saturated heterocycles. The summed E-state index contributed by atoms with van der Waals surface area (Å²) >= 11 is 0. The summed E-state index contributed by atoms with van der Waals surface area (Å²) in [6, 6.07) is 6.50. The molecule has 1 aromatic carbocycles. The van der Waals surface area contributed by atoms with Crippen LogP contribution in [0.5, 0.6) is 5.75 Å². The largest absolute Gasteiger partial charge is 0.492 e. The first-order valence-electron chi connectivity index (χ1n) is 6.29. The van der Waals surface area contributed by atoms with Gasteiger partial charge in [0.2, 0.25) is 0 Å². The van der Waals surface area contributed by atoms with Crippen molar-refractivity contribution in [3.8, 4) is 5.75 Å². The molecule has 2 nitrogen and oxygen atoms in total. The van der Waals surface area contributed by atoms with Crippen LogP contribution in [0.15, 0.2) is 24.3 Å². The molecule has 0 fully saturated rings. The summed E-state index contributed by atoms with van der Waals surface area (Å²) in [4.78, 5) is 0. The highest BCUT2D eigenvalue weighted by Crippen LogP contribution is 2.14. The molecule has 0 spiro atoms. The third-order valence-corrected chi connectivity index (χ3v) is 3.04. The molecule has 1 rings (SSSR count). The van der Waals surface area contributed by atoms with Crippen LogP contribution < -0.4 is 10.1 Å². The average molecular weight is 239 g/mol. The Morgan fingerprint density at radius 3 is 2.41 bits per heavy atom. The Balaban J connectivity index is 2.48. The van der Waals surface area contributed by atoms with Crippen LogP contribution in [-0.4, -0.2) is 19.2 Å². The Labute approximate surface area is 103 Å². The number of ether oxygens (including phenoxy) is 1. The van der Waals surface area contributed by atoms with Gasteiger partial charge in [-0.2, -0.15) is 0 Å².